The van der Waals surface area contributed by atoms with Crippen molar-refractivity contribution in [2.45, 2.75) is 38.8 Å². The van der Waals surface area contributed by atoms with Crippen molar-refractivity contribution in [1.82, 2.24) is 10.6 Å². The van der Waals surface area contributed by atoms with Crippen LogP contribution in [-0.4, -0.2) is 29.2 Å². The van der Waals surface area contributed by atoms with Crippen LogP contribution in [0.5, 0.6) is 0 Å². The van der Waals surface area contributed by atoms with E-state index in [1.807, 2.05) is 6.92 Å². The molecule has 0 rings (SSSR count). The Morgan fingerprint density at radius 2 is 2.07 bits per heavy atom. The molecular weight excluding hydrogens is 196 g/mol. The number of carbonyl (C=O) groups excluding carboxylic acids is 1. The fourth-order valence-corrected chi connectivity index (χ4v) is 0.925. The normalized spacial score (nSPS) is 13.4. The van der Waals surface area contributed by atoms with Gasteiger partial charge in [0.15, 0.2) is 0 Å². The van der Waals surface area contributed by atoms with Crippen molar-refractivity contribution in [2.24, 2.45) is 0 Å². The molecule has 0 bridgehead atoms. The molecule has 0 aromatic rings. The summed E-state index contributed by atoms with van der Waals surface area (Å²) in [6, 6.07) is -1.53. The summed E-state index contributed by atoms with van der Waals surface area (Å²) in [5.74, 6) is 1.37. The van der Waals surface area contributed by atoms with Crippen molar-refractivity contribution in [3.05, 3.63) is 0 Å². The Balaban J connectivity index is 4.02. The van der Waals surface area contributed by atoms with Crippen molar-refractivity contribution >= 4 is 12.0 Å². The third kappa shape index (κ3) is 5.57. The van der Waals surface area contributed by atoms with Crippen molar-refractivity contribution in [2.75, 3.05) is 0 Å². The fraction of sp³-hybridized carbons (Fsp3) is 0.600. The first-order valence-corrected chi connectivity index (χ1v) is 4.74. The maximum atomic E-state index is 11.2. The van der Waals surface area contributed by atoms with Gasteiger partial charge in [-0.15, -0.1) is 12.3 Å². The van der Waals surface area contributed by atoms with E-state index >= 15 is 0 Å². The van der Waals surface area contributed by atoms with Crippen LogP contribution in [0.3, 0.4) is 0 Å². The molecule has 0 aromatic carbocycles. The quantitative estimate of drug-likeness (QED) is 0.583. The summed E-state index contributed by atoms with van der Waals surface area (Å²) in [7, 11) is 0. The summed E-state index contributed by atoms with van der Waals surface area (Å²) in [5.41, 5.74) is 0. The van der Waals surface area contributed by atoms with Gasteiger partial charge in [-0.3, -0.25) is 4.79 Å². The number of hydrogen-bond donors (Lipinski definition) is 3. The average molecular weight is 212 g/mol. The first kappa shape index (κ1) is 13.3. The average Bonchev–Trinajstić information content (AvgIpc) is 2.16. The number of carboxylic acid groups (broad SMARTS) is 1. The predicted molar refractivity (Wildman–Crippen MR) is 56.3 cm³/mol. The van der Waals surface area contributed by atoms with E-state index in [-0.39, 0.29) is 6.04 Å². The van der Waals surface area contributed by atoms with Gasteiger partial charge in [0.25, 0.3) is 0 Å². The zero-order valence-electron chi connectivity index (χ0n) is 8.91. The summed E-state index contributed by atoms with van der Waals surface area (Å²) in [6.45, 7) is 3.28. The van der Waals surface area contributed by atoms with E-state index in [0.29, 0.717) is 12.8 Å². The Morgan fingerprint density at radius 3 is 2.47 bits per heavy atom. The fourth-order valence-electron chi connectivity index (χ4n) is 0.925. The highest BCUT2D eigenvalue weighted by molar-refractivity contribution is 5.82. The largest absolute Gasteiger partial charge is 0.480 e. The van der Waals surface area contributed by atoms with Gasteiger partial charge in [-0.25, -0.2) is 4.79 Å². The van der Waals surface area contributed by atoms with Crippen LogP contribution in [0, 0.1) is 12.3 Å². The molecule has 2 atom stereocenters. The van der Waals surface area contributed by atoms with Gasteiger partial charge in [0.2, 0.25) is 0 Å². The highest BCUT2D eigenvalue weighted by Gasteiger charge is 2.15. The van der Waals surface area contributed by atoms with E-state index in [0.717, 1.165) is 0 Å². The number of hydrogen-bond acceptors (Lipinski definition) is 2. The predicted octanol–water partition coefficient (Wildman–Crippen LogP) is 0.561. The summed E-state index contributed by atoms with van der Waals surface area (Å²) < 4.78 is 0. The van der Waals surface area contributed by atoms with E-state index in [1.54, 1.807) is 0 Å². The first-order valence-electron chi connectivity index (χ1n) is 4.74. The number of carboxylic acids is 1. The number of terminal acetylenes is 1. The molecule has 2 amide bonds. The molecule has 0 aliphatic heterocycles. The molecule has 15 heavy (non-hydrogen) atoms. The van der Waals surface area contributed by atoms with Crippen LogP contribution in [0.1, 0.15) is 26.7 Å². The summed E-state index contributed by atoms with van der Waals surface area (Å²) >= 11 is 0. The molecule has 0 heterocycles. The lowest BCUT2D eigenvalue weighted by molar-refractivity contribution is -0.138. The lowest BCUT2D eigenvalue weighted by Crippen LogP contribution is -2.47. The summed E-state index contributed by atoms with van der Waals surface area (Å²) in [4.78, 5) is 21.7. The van der Waals surface area contributed by atoms with Gasteiger partial charge in [-0.1, -0.05) is 6.92 Å². The lowest BCUT2D eigenvalue weighted by atomic mass is 10.1. The lowest BCUT2D eigenvalue weighted by Gasteiger charge is -2.16. The number of aliphatic carboxylic acids is 1. The summed E-state index contributed by atoms with van der Waals surface area (Å²) in [6.07, 6.45) is 6.26. The molecule has 0 aliphatic rings. The van der Waals surface area contributed by atoms with Crippen molar-refractivity contribution in [3.63, 3.8) is 0 Å². The van der Waals surface area contributed by atoms with Crippen LogP contribution >= 0.6 is 0 Å². The Kier molecular flexibility index (Phi) is 5.95. The van der Waals surface area contributed by atoms with Gasteiger partial charge < -0.3 is 15.7 Å². The Bertz CT molecular complexity index is 270. The third-order valence-corrected chi connectivity index (χ3v) is 1.91. The second kappa shape index (κ2) is 6.71. The maximum Gasteiger partial charge on any atom is 0.325 e. The van der Waals surface area contributed by atoms with Gasteiger partial charge in [-0.05, 0) is 13.3 Å². The topological polar surface area (TPSA) is 78.4 Å². The second-order valence-corrected chi connectivity index (χ2v) is 3.19. The Labute approximate surface area is 89.2 Å². The molecule has 3 N–H and O–H groups in total. The van der Waals surface area contributed by atoms with E-state index in [1.165, 1.54) is 6.92 Å². The highest BCUT2D eigenvalue weighted by atomic mass is 16.4. The second-order valence-electron chi connectivity index (χ2n) is 3.19. The van der Waals surface area contributed by atoms with Crippen LogP contribution in [0.15, 0.2) is 0 Å². The minimum Gasteiger partial charge on any atom is -0.480 e. The molecule has 84 valence electrons. The Morgan fingerprint density at radius 1 is 1.47 bits per heavy atom. The third-order valence-electron chi connectivity index (χ3n) is 1.91. The standard InChI is InChI=1S/C10H16N2O3/c1-4-6-8(5-2)12-10(15)11-7(3)9(13)14/h1,7-8H,5-6H2,2-3H3,(H,13,14)(H2,11,12,15)/t7-,8?/m0/s1. The zero-order chi connectivity index (χ0) is 11.8. The van der Waals surface area contributed by atoms with Gasteiger partial charge in [0.05, 0.1) is 0 Å². The minimum atomic E-state index is -1.07. The number of urea groups is 1. The van der Waals surface area contributed by atoms with Crippen LogP contribution < -0.4 is 10.6 Å². The molecule has 5 nitrogen and oxygen atoms in total. The maximum absolute atomic E-state index is 11.2. The molecule has 0 spiro atoms. The van der Waals surface area contributed by atoms with E-state index < -0.39 is 18.0 Å². The molecule has 1 unspecified atom stereocenters. The minimum absolute atomic E-state index is 0.115. The molecule has 0 aromatic heterocycles. The van der Waals surface area contributed by atoms with Gasteiger partial charge in [-0.2, -0.15) is 0 Å². The highest BCUT2D eigenvalue weighted by Crippen LogP contribution is 1.95. The molecule has 0 aliphatic carbocycles. The van der Waals surface area contributed by atoms with E-state index in [2.05, 4.69) is 16.6 Å². The molecule has 5 heteroatoms. The van der Waals surface area contributed by atoms with Crippen LogP contribution in [-0.2, 0) is 4.79 Å². The van der Waals surface area contributed by atoms with Crippen molar-refractivity contribution in [1.29, 1.82) is 0 Å². The monoisotopic (exact) mass is 212 g/mol. The van der Waals surface area contributed by atoms with Crippen LogP contribution in [0.2, 0.25) is 0 Å². The molecule has 0 saturated carbocycles. The summed E-state index contributed by atoms with van der Waals surface area (Å²) in [5, 5.41) is 13.4. The van der Waals surface area contributed by atoms with E-state index in [4.69, 9.17) is 11.5 Å². The van der Waals surface area contributed by atoms with E-state index in [9.17, 15) is 9.59 Å². The van der Waals surface area contributed by atoms with Crippen molar-refractivity contribution < 1.29 is 14.7 Å². The van der Waals surface area contributed by atoms with Crippen LogP contribution in [0.25, 0.3) is 0 Å². The molecule has 0 fully saturated rings. The van der Waals surface area contributed by atoms with Crippen molar-refractivity contribution in [3.8, 4) is 12.3 Å². The van der Waals surface area contributed by atoms with Gasteiger partial charge in [0, 0.05) is 12.5 Å². The number of carbonyl (C=O) groups is 2. The number of nitrogens with one attached hydrogen (secondary N) is 2. The first-order chi connectivity index (χ1) is 7.01. The molecular formula is C10H16N2O3. The SMILES string of the molecule is C#CCC(CC)NC(=O)N[C@@H](C)C(=O)O. The molecule has 0 radical (unpaired) electrons. The van der Waals surface area contributed by atoms with Gasteiger partial charge >= 0.3 is 12.0 Å². The molecule has 0 saturated heterocycles. The van der Waals surface area contributed by atoms with Crippen LogP contribution in [0.4, 0.5) is 4.79 Å². The Hall–Kier alpha value is -1.70. The zero-order valence-corrected chi connectivity index (χ0v) is 8.91. The smallest absolute Gasteiger partial charge is 0.325 e. The van der Waals surface area contributed by atoms with Gasteiger partial charge in [0.1, 0.15) is 6.04 Å². The number of amides is 2. The number of rotatable bonds is 5.